The number of hydrogen-bond acceptors (Lipinski definition) is 5. The van der Waals surface area contributed by atoms with Gasteiger partial charge < -0.3 is 10.6 Å². The summed E-state index contributed by atoms with van der Waals surface area (Å²) in [6, 6.07) is 16.9. The van der Waals surface area contributed by atoms with Crippen molar-refractivity contribution in [3.05, 3.63) is 75.8 Å². The molecule has 8 heteroatoms. The SMILES string of the molecule is N#Cc1cccc(Nc2ccc(NC(=O)c3ccc(Cl)c(Cl)c3)nn2)c1. The third-order valence-electron chi connectivity index (χ3n) is 3.35. The van der Waals surface area contributed by atoms with Crippen LogP contribution in [-0.4, -0.2) is 16.1 Å². The third kappa shape index (κ3) is 4.28. The lowest BCUT2D eigenvalue weighted by Crippen LogP contribution is -2.13. The Morgan fingerprint density at radius 3 is 2.42 bits per heavy atom. The van der Waals surface area contributed by atoms with E-state index in [4.69, 9.17) is 28.5 Å². The second-order valence-electron chi connectivity index (χ2n) is 5.20. The molecule has 6 nitrogen and oxygen atoms in total. The van der Waals surface area contributed by atoms with E-state index in [0.717, 1.165) is 0 Å². The lowest BCUT2D eigenvalue weighted by molar-refractivity contribution is 0.102. The van der Waals surface area contributed by atoms with Crippen LogP contribution in [-0.2, 0) is 0 Å². The predicted octanol–water partition coefficient (Wildman–Crippen LogP) is 4.65. The molecule has 3 rings (SSSR count). The molecule has 1 amide bonds. The summed E-state index contributed by atoms with van der Waals surface area (Å²) in [5.41, 5.74) is 1.61. The highest BCUT2D eigenvalue weighted by atomic mass is 35.5. The number of carbonyl (C=O) groups excluding carboxylic acids is 1. The van der Waals surface area contributed by atoms with Gasteiger partial charge in [0.25, 0.3) is 5.91 Å². The molecule has 0 saturated heterocycles. The van der Waals surface area contributed by atoms with Gasteiger partial charge in [0.2, 0.25) is 0 Å². The van der Waals surface area contributed by atoms with E-state index in [2.05, 4.69) is 26.9 Å². The number of aromatic nitrogens is 2. The standard InChI is InChI=1S/C18H11Cl2N5O/c19-14-5-4-12(9-15(14)20)18(26)23-17-7-6-16(24-25-17)22-13-3-1-2-11(8-13)10-21/h1-9H,(H,22,24)(H,23,25,26). The van der Waals surface area contributed by atoms with Crippen molar-refractivity contribution >= 4 is 46.4 Å². The minimum atomic E-state index is -0.375. The molecule has 0 fully saturated rings. The number of hydrogen-bond donors (Lipinski definition) is 2. The van der Waals surface area contributed by atoms with Gasteiger partial charge in [-0.05, 0) is 48.5 Å². The van der Waals surface area contributed by atoms with E-state index in [9.17, 15) is 4.79 Å². The molecule has 0 unspecified atom stereocenters. The largest absolute Gasteiger partial charge is 0.339 e. The lowest BCUT2D eigenvalue weighted by atomic mass is 10.2. The normalized spacial score (nSPS) is 10.0. The van der Waals surface area contributed by atoms with Gasteiger partial charge in [-0.2, -0.15) is 5.26 Å². The minimum Gasteiger partial charge on any atom is -0.339 e. The molecule has 0 bridgehead atoms. The van der Waals surface area contributed by atoms with Gasteiger partial charge in [-0.25, -0.2) is 0 Å². The van der Waals surface area contributed by atoms with Crippen molar-refractivity contribution in [3.8, 4) is 6.07 Å². The number of halogens is 2. The maximum atomic E-state index is 12.2. The van der Waals surface area contributed by atoms with Gasteiger partial charge in [0, 0.05) is 11.3 Å². The Labute approximate surface area is 159 Å². The van der Waals surface area contributed by atoms with Crippen molar-refractivity contribution in [2.45, 2.75) is 0 Å². The first kappa shape index (κ1) is 17.7. The van der Waals surface area contributed by atoms with Crippen LogP contribution in [0, 0.1) is 11.3 Å². The van der Waals surface area contributed by atoms with Gasteiger partial charge >= 0.3 is 0 Å². The first-order valence-electron chi connectivity index (χ1n) is 7.42. The van der Waals surface area contributed by atoms with E-state index < -0.39 is 0 Å². The van der Waals surface area contributed by atoms with Crippen LogP contribution in [0.2, 0.25) is 10.0 Å². The van der Waals surface area contributed by atoms with Crippen LogP contribution in [0.5, 0.6) is 0 Å². The Hall–Kier alpha value is -3.14. The summed E-state index contributed by atoms with van der Waals surface area (Å²) in [6.07, 6.45) is 0. The highest BCUT2D eigenvalue weighted by Gasteiger charge is 2.09. The molecule has 26 heavy (non-hydrogen) atoms. The zero-order valence-corrected chi connectivity index (χ0v) is 14.7. The molecule has 3 aromatic rings. The summed E-state index contributed by atoms with van der Waals surface area (Å²) in [6.45, 7) is 0. The van der Waals surface area contributed by atoms with E-state index in [1.807, 2.05) is 6.07 Å². The molecule has 128 valence electrons. The Kier molecular flexibility index (Phi) is 5.32. The molecule has 0 aliphatic carbocycles. The van der Waals surface area contributed by atoms with Crippen LogP contribution < -0.4 is 10.6 Å². The van der Waals surface area contributed by atoms with Crippen molar-refractivity contribution in [2.24, 2.45) is 0 Å². The molecule has 0 atom stereocenters. The number of anilines is 3. The summed E-state index contributed by atoms with van der Waals surface area (Å²) < 4.78 is 0. The summed E-state index contributed by atoms with van der Waals surface area (Å²) in [5.74, 6) is 0.394. The van der Waals surface area contributed by atoms with Gasteiger partial charge in [-0.1, -0.05) is 29.3 Å². The fraction of sp³-hybridized carbons (Fsp3) is 0. The van der Waals surface area contributed by atoms with Crippen LogP contribution in [0.25, 0.3) is 0 Å². The summed E-state index contributed by atoms with van der Waals surface area (Å²) in [7, 11) is 0. The maximum absolute atomic E-state index is 12.2. The van der Waals surface area contributed by atoms with E-state index >= 15 is 0 Å². The van der Waals surface area contributed by atoms with Gasteiger partial charge in [-0.3, -0.25) is 4.79 Å². The average Bonchev–Trinajstić information content (AvgIpc) is 2.65. The van der Waals surface area contributed by atoms with Crippen molar-refractivity contribution in [3.63, 3.8) is 0 Å². The smallest absolute Gasteiger partial charge is 0.256 e. The molecule has 0 aliphatic heterocycles. The Bertz CT molecular complexity index is 999. The first-order chi connectivity index (χ1) is 12.5. The van der Waals surface area contributed by atoms with Gasteiger partial charge in [0.05, 0.1) is 21.7 Å². The van der Waals surface area contributed by atoms with Crippen molar-refractivity contribution in [1.82, 2.24) is 10.2 Å². The molecule has 0 spiro atoms. The zero-order chi connectivity index (χ0) is 18.5. The number of amides is 1. The zero-order valence-electron chi connectivity index (χ0n) is 13.2. The molecule has 0 radical (unpaired) electrons. The van der Waals surface area contributed by atoms with Crippen LogP contribution in [0.3, 0.4) is 0 Å². The summed E-state index contributed by atoms with van der Waals surface area (Å²) in [4.78, 5) is 12.2. The van der Waals surface area contributed by atoms with Crippen LogP contribution in [0.1, 0.15) is 15.9 Å². The van der Waals surface area contributed by atoms with Gasteiger partial charge in [-0.15, -0.1) is 10.2 Å². The third-order valence-corrected chi connectivity index (χ3v) is 4.09. The second-order valence-corrected chi connectivity index (χ2v) is 6.02. The van der Waals surface area contributed by atoms with Crippen LogP contribution >= 0.6 is 23.2 Å². The number of carbonyl (C=O) groups is 1. The second kappa shape index (κ2) is 7.83. The number of nitriles is 1. The summed E-state index contributed by atoms with van der Waals surface area (Å²) >= 11 is 11.7. The fourth-order valence-corrected chi connectivity index (χ4v) is 2.40. The molecular formula is C18H11Cl2N5O. The Morgan fingerprint density at radius 2 is 1.73 bits per heavy atom. The van der Waals surface area contributed by atoms with Gasteiger partial charge in [0.15, 0.2) is 11.6 Å². The van der Waals surface area contributed by atoms with E-state index in [-0.39, 0.29) is 11.7 Å². The fourth-order valence-electron chi connectivity index (χ4n) is 2.11. The molecule has 2 aromatic carbocycles. The molecule has 0 saturated carbocycles. The predicted molar refractivity (Wildman–Crippen MR) is 101 cm³/mol. The van der Waals surface area contributed by atoms with E-state index in [0.29, 0.717) is 32.7 Å². The average molecular weight is 384 g/mol. The number of rotatable bonds is 4. The molecule has 2 N–H and O–H groups in total. The Morgan fingerprint density at radius 1 is 0.962 bits per heavy atom. The molecule has 1 heterocycles. The van der Waals surface area contributed by atoms with Crippen molar-refractivity contribution < 1.29 is 4.79 Å². The topological polar surface area (TPSA) is 90.7 Å². The lowest BCUT2D eigenvalue weighted by Gasteiger charge is -2.07. The van der Waals surface area contributed by atoms with E-state index in [1.54, 1.807) is 42.5 Å². The number of nitrogens with zero attached hydrogens (tertiary/aromatic N) is 3. The number of nitrogens with one attached hydrogen (secondary N) is 2. The monoisotopic (exact) mass is 383 g/mol. The maximum Gasteiger partial charge on any atom is 0.256 e. The van der Waals surface area contributed by atoms with Crippen LogP contribution in [0.4, 0.5) is 17.3 Å². The van der Waals surface area contributed by atoms with Gasteiger partial charge in [0.1, 0.15) is 0 Å². The molecule has 1 aromatic heterocycles. The quantitative estimate of drug-likeness (QED) is 0.683. The van der Waals surface area contributed by atoms with Crippen LogP contribution in [0.15, 0.2) is 54.6 Å². The van der Waals surface area contributed by atoms with E-state index in [1.165, 1.54) is 6.07 Å². The summed E-state index contributed by atoms with van der Waals surface area (Å²) in [5, 5.41) is 23.2. The molecular weight excluding hydrogens is 373 g/mol. The van der Waals surface area contributed by atoms with Crippen molar-refractivity contribution in [1.29, 1.82) is 5.26 Å². The molecule has 0 aliphatic rings. The highest BCUT2D eigenvalue weighted by Crippen LogP contribution is 2.23. The van der Waals surface area contributed by atoms with Crippen molar-refractivity contribution in [2.75, 3.05) is 10.6 Å². The Balaban J connectivity index is 1.68. The highest BCUT2D eigenvalue weighted by molar-refractivity contribution is 6.42. The number of benzene rings is 2. The minimum absolute atomic E-state index is 0.289. The first-order valence-corrected chi connectivity index (χ1v) is 8.18.